The zero-order valence-electron chi connectivity index (χ0n) is 18.4. The third kappa shape index (κ3) is 1.91. The van der Waals surface area contributed by atoms with Crippen molar-refractivity contribution in [3.63, 3.8) is 0 Å². The van der Waals surface area contributed by atoms with Crippen LogP contribution in [0.15, 0.2) is 11.6 Å². The molecule has 6 rings (SSSR count). The molecule has 5 fully saturated rings. The Labute approximate surface area is 177 Å². The molecule has 0 unspecified atom stereocenters. The fraction of sp³-hybridized carbons (Fsp3) is 0.833. The first-order valence-electron chi connectivity index (χ1n) is 11.5. The van der Waals surface area contributed by atoms with Gasteiger partial charge in [-0.1, -0.05) is 26.3 Å². The summed E-state index contributed by atoms with van der Waals surface area (Å²) in [4.78, 5) is 24.7. The van der Waals surface area contributed by atoms with Crippen LogP contribution in [0.3, 0.4) is 0 Å². The summed E-state index contributed by atoms with van der Waals surface area (Å²) >= 11 is 0. The van der Waals surface area contributed by atoms with E-state index in [-0.39, 0.29) is 33.9 Å². The number of methoxy groups -OCH3 is 1. The molecule has 0 bridgehead atoms. The lowest BCUT2D eigenvalue weighted by Gasteiger charge is -2.63. The molecule has 0 N–H and O–H groups in total. The molecule has 164 valence electrons. The highest BCUT2D eigenvalue weighted by molar-refractivity contribution is 5.91. The molecule has 4 aliphatic carbocycles. The summed E-state index contributed by atoms with van der Waals surface area (Å²) < 4.78 is 23.5. The summed E-state index contributed by atoms with van der Waals surface area (Å²) in [7, 11) is 1.38. The number of rotatable bonds is 1. The summed E-state index contributed by atoms with van der Waals surface area (Å²) in [5.41, 5.74) is 0.0248. The molecule has 2 spiro atoms. The van der Waals surface area contributed by atoms with E-state index in [1.165, 1.54) is 7.11 Å². The van der Waals surface area contributed by atoms with Gasteiger partial charge in [0.15, 0.2) is 5.78 Å². The Hall–Kier alpha value is -1.40. The minimum atomic E-state index is -0.632. The van der Waals surface area contributed by atoms with Crippen LogP contribution >= 0.6 is 0 Å². The molecule has 6 aliphatic rings. The summed E-state index contributed by atoms with van der Waals surface area (Å²) in [6.45, 7) is 7.62. The number of fused-ring (bicyclic) bond motifs is 7. The summed E-state index contributed by atoms with van der Waals surface area (Å²) in [5.74, 6) is 0.891. The van der Waals surface area contributed by atoms with Crippen LogP contribution in [0.4, 0.5) is 4.79 Å². The molecular formula is C24H32O6. The van der Waals surface area contributed by atoms with Gasteiger partial charge in [0.05, 0.1) is 7.11 Å². The highest BCUT2D eigenvalue weighted by atomic mass is 16.9. The fourth-order valence-electron chi connectivity index (χ4n) is 8.83. The van der Waals surface area contributed by atoms with E-state index in [1.807, 2.05) is 6.08 Å². The van der Waals surface area contributed by atoms with Crippen LogP contribution in [0, 0.1) is 28.6 Å². The maximum absolute atomic E-state index is 12.5. The van der Waals surface area contributed by atoms with Gasteiger partial charge in [0, 0.05) is 23.2 Å². The van der Waals surface area contributed by atoms with Crippen molar-refractivity contribution in [3.8, 4) is 0 Å². The Bertz CT molecular complexity index is 875. The predicted molar refractivity (Wildman–Crippen MR) is 106 cm³/mol. The lowest BCUT2D eigenvalue weighted by molar-refractivity contribution is -0.201. The Morgan fingerprint density at radius 3 is 2.60 bits per heavy atom. The van der Waals surface area contributed by atoms with Crippen LogP contribution < -0.4 is 0 Å². The molecular weight excluding hydrogens is 384 g/mol. The number of carbonyl (C=O) groups excluding carboxylic acids is 2. The Morgan fingerprint density at radius 1 is 1.17 bits per heavy atom. The third-order valence-corrected chi connectivity index (χ3v) is 10.3. The van der Waals surface area contributed by atoms with Crippen molar-refractivity contribution in [1.29, 1.82) is 0 Å². The van der Waals surface area contributed by atoms with Crippen molar-refractivity contribution >= 4 is 11.9 Å². The molecule has 6 nitrogen and oxygen atoms in total. The molecule has 2 heterocycles. The Morgan fingerprint density at radius 2 is 1.93 bits per heavy atom. The average molecular weight is 417 g/mol. The van der Waals surface area contributed by atoms with Crippen LogP contribution in [0.1, 0.15) is 65.7 Å². The van der Waals surface area contributed by atoms with Gasteiger partial charge in [-0.2, -0.15) is 0 Å². The molecule has 0 aromatic heterocycles. The number of ether oxygens (including phenoxy) is 4. The van der Waals surface area contributed by atoms with E-state index in [1.54, 1.807) is 0 Å². The first-order valence-corrected chi connectivity index (χ1v) is 11.5. The van der Waals surface area contributed by atoms with Gasteiger partial charge >= 0.3 is 6.16 Å². The number of carbonyl (C=O) groups is 2. The van der Waals surface area contributed by atoms with Gasteiger partial charge < -0.3 is 18.9 Å². The molecule has 6 heteroatoms. The van der Waals surface area contributed by atoms with Crippen molar-refractivity contribution in [2.75, 3.05) is 13.7 Å². The van der Waals surface area contributed by atoms with E-state index in [4.69, 9.17) is 18.9 Å². The summed E-state index contributed by atoms with van der Waals surface area (Å²) in [6.07, 6.45) is 7.08. The highest BCUT2D eigenvalue weighted by Gasteiger charge is 2.91. The van der Waals surface area contributed by atoms with Crippen LogP contribution in [-0.4, -0.2) is 42.6 Å². The quantitative estimate of drug-likeness (QED) is 0.472. The monoisotopic (exact) mass is 416 g/mol. The fourth-order valence-corrected chi connectivity index (χ4v) is 8.83. The van der Waals surface area contributed by atoms with Crippen molar-refractivity contribution in [2.24, 2.45) is 28.6 Å². The van der Waals surface area contributed by atoms with E-state index in [0.29, 0.717) is 24.9 Å². The van der Waals surface area contributed by atoms with E-state index in [0.717, 1.165) is 44.1 Å². The Kier molecular flexibility index (Phi) is 3.54. The summed E-state index contributed by atoms with van der Waals surface area (Å²) in [5, 5.41) is 0. The topological polar surface area (TPSA) is 77.7 Å². The predicted octanol–water partition coefficient (Wildman–Crippen LogP) is 4.17. The van der Waals surface area contributed by atoms with Gasteiger partial charge in [-0.25, -0.2) is 4.79 Å². The zero-order chi connectivity index (χ0) is 21.2. The summed E-state index contributed by atoms with van der Waals surface area (Å²) in [6, 6.07) is 0. The van der Waals surface area contributed by atoms with Crippen LogP contribution in [0.2, 0.25) is 0 Å². The van der Waals surface area contributed by atoms with E-state index >= 15 is 0 Å². The van der Waals surface area contributed by atoms with E-state index in [2.05, 4.69) is 20.8 Å². The van der Waals surface area contributed by atoms with E-state index < -0.39 is 11.8 Å². The smallest absolute Gasteiger partial charge is 0.438 e. The molecule has 0 amide bonds. The second kappa shape index (κ2) is 5.50. The second-order valence-corrected chi connectivity index (χ2v) is 11.1. The third-order valence-electron chi connectivity index (χ3n) is 10.3. The lowest BCUT2D eigenvalue weighted by Crippen LogP contribution is -2.65. The van der Waals surface area contributed by atoms with Crippen molar-refractivity contribution in [2.45, 2.75) is 82.7 Å². The standard InChI is InChI=1S/C24H32O6/c1-14-11-18-17-6-5-15-12-16(25)7-8-20(15,2)22(17,29-19(26)27-4)10-9-21(18,3)24(14)23(30-24)13-28-23/h12,14,17-18H,5-11,13H2,1-4H3/t14-,17-,18-,20-,21-,22+,23+,24+/m0/s1. The van der Waals surface area contributed by atoms with Crippen molar-refractivity contribution < 1.29 is 28.5 Å². The van der Waals surface area contributed by atoms with Crippen LogP contribution in [0.25, 0.3) is 0 Å². The molecule has 8 atom stereocenters. The maximum atomic E-state index is 12.5. The van der Waals surface area contributed by atoms with Gasteiger partial charge in [0.2, 0.25) is 5.79 Å². The average Bonchev–Trinajstić information content (AvgIpc) is 3.62. The van der Waals surface area contributed by atoms with Gasteiger partial charge in [0.25, 0.3) is 0 Å². The number of ketones is 1. The number of hydrogen-bond donors (Lipinski definition) is 0. The largest absolute Gasteiger partial charge is 0.508 e. The van der Waals surface area contributed by atoms with Gasteiger partial charge in [0.1, 0.15) is 17.8 Å². The van der Waals surface area contributed by atoms with Gasteiger partial charge in [-0.3, -0.25) is 4.79 Å². The molecule has 30 heavy (non-hydrogen) atoms. The van der Waals surface area contributed by atoms with Crippen molar-refractivity contribution in [3.05, 3.63) is 11.6 Å². The normalized spacial score (nSPS) is 55.4. The second-order valence-electron chi connectivity index (χ2n) is 11.1. The van der Waals surface area contributed by atoms with E-state index in [9.17, 15) is 9.59 Å². The molecule has 3 saturated carbocycles. The van der Waals surface area contributed by atoms with Gasteiger partial charge in [-0.05, 0) is 56.4 Å². The molecule has 2 aliphatic heterocycles. The minimum Gasteiger partial charge on any atom is -0.438 e. The SMILES string of the molecule is COC(=O)O[C@]12CC[C@@]3(C)[C@@H](C[C@H](C)[C@@]34O[C@]43CO3)[C@@H]1CCC1=CC(=O)CC[C@@]12C. The van der Waals surface area contributed by atoms with Crippen LogP contribution in [-0.2, 0) is 23.7 Å². The van der Waals surface area contributed by atoms with Crippen molar-refractivity contribution in [1.82, 2.24) is 0 Å². The molecule has 0 aromatic carbocycles. The first-order chi connectivity index (χ1) is 14.2. The first kappa shape index (κ1) is 19.3. The molecule has 0 radical (unpaired) electrons. The molecule has 0 aromatic rings. The van der Waals surface area contributed by atoms with Gasteiger partial charge in [-0.15, -0.1) is 0 Å². The Balaban J connectivity index is 1.46. The number of epoxide rings is 2. The van der Waals surface area contributed by atoms with Crippen LogP contribution in [0.5, 0.6) is 0 Å². The molecule has 2 saturated heterocycles. The number of hydrogen-bond acceptors (Lipinski definition) is 6. The zero-order valence-corrected chi connectivity index (χ0v) is 18.4. The lowest BCUT2D eigenvalue weighted by atomic mass is 9.44. The maximum Gasteiger partial charge on any atom is 0.508 e. The minimum absolute atomic E-state index is 0.0125. The highest BCUT2D eigenvalue weighted by Crippen LogP contribution is 2.80.